The third-order valence-corrected chi connectivity index (χ3v) is 3.68. The van der Waals surface area contributed by atoms with Gasteiger partial charge in [-0.3, -0.25) is 4.79 Å². The molecule has 0 radical (unpaired) electrons. The molecule has 0 bridgehead atoms. The minimum atomic E-state index is -1.08. The molecule has 0 aliphatic carbocycles. The van der Waals surface area contributed by atoms with Gasteiger partial charge in [-0.1, -0.05) is 11.6 Å². The molecule has 1 aromatic rings. The Hall–Kier alpha value is -1.79. The van der Waals surface area contributed by atoms with Crippen LogP contribution in [0.1, 0.15) is 19.3 Å². The molecule has 2 N–H and O–H groups in total. The van der Waals surface area contributed by atoms with E-state index in [-0.39, 0.29) is 16.7 Å². The SMILES string of the molecule is O=C(O)COc1ccc(NC(=O)CC2CCOCC2)cc1Cl. The summed E-state index contributed by atoms with van der Waals surface area (Å²) in [7, 11) is 0. The van der Waals surface area contributed by atoms with Gasteiger partial charge in [0, 0.05) is 25.3 Å². The summed E-state index contributed by atoms with van der Waals surface area (Å²) in [5.74, 6) is -0.527. The Morgan fingerprint density at radius 2 is 2.09 bits per heavy atom. The van der Waals surface area contributed by atoms with Gasteiger partial charge in [-0.2, -0.15) is 0 Å². The van der Waals surface area contributed by atoms with Crippen LogP contribution in [-0.4, -0.2) is 36.8 Å². The van der Waals surface area contributed by atoms with E-state index in [1.807, 2.05) is 0 Å². The van der Waals surface area contributed by atoms with Crippen molar-refractivity contribution >= 4 is 29.2 Å². The van der Waals surface area contributed by atoms with Crippen LogP contribution >= 0.6 is 11.6 Å². The zero-order chi connectivity index (χ0) is 15.9. The fraction of sp³-hybridized carbons (Fsp3) is 0.467. The Bertz CT molecular complexity index is 543. The monoisotopic (exact) mass is 327 g/mol. The van der Waals surface area contributed by atoms with Gasteiger partial charge in [-0.15, -0.1) is 0 Å². The van der Waals surface area contributed by atoms with E-state index in [1.54, 1.807) is 12.1 Å². The second-order valence-electron chi connectivity index (χ2n) is 5.14. The predicted octanol–water partition coefficient (Wildman–Crippen LogP) is 2.56. The lowest BCUT2D eigenvalue weighted by molar-refractivity contribution is -0.139. The summed E-state index contributed by atoms with van der Waals surface area (Å²) in [6, 6.07) is 4.71. The predicted molar refractivity (Wildman–Crippen MR) is 81.4 cm³/mol. The van der Waals surface area contributed by atoms with Crippen LogP contribution in [0.25, 0.3) is 0 Å². The standard InChI is InChI=1S/C15H18ClNO5/c16-12-8-11(1-2-13(12)22-9-15(19)20)17-14(18)7-10-3-5-21-6-4-10/h1-2,8,10H,3-7,9H2,(H,17,18)(H,19,20). The van der Waals surface area contributed by atoms with E-state index in [2.05, 4.69) is 5.32 Å². The number of carbonyl (C=O) groups is 2. The van der Waals surface area contributed by atoms with Crippen molar-refractivity contribution in [2.45, 2.75) is 19.3 Å². The Morgan fingerprint density at radius 3 is 2.73 bits per heavy atom. The number of benzene rings is 1. The highest BCUT2D eigenvalue weighted by atomic mass is 35.5. The van der Waals surface area contributed by atoms with Crippen molar-refractivity contribution < 1.29 is 24.2 Å². The van der Waals surface area contributed by atoms with E-state index in [9.17, 15) is 9.59 Å². The molecular formula is C15H18ClNO5. The van der Waals surface area contributed by atoms with Crippen LogP contribution in [-0.2, 0) is 14.3 Å². The molecule has 1 aromatic carbocycles. The molecule has 7 heteroatoms. The highest BCUT2D eigenvalue weighted by Crippen LogP contribution is 2.28. The molecule has 0 unspecified atom stereocenters. The number of carboxylic acids is 1. The fourth-order valence-corrected chi connectivity index (χ4v) is 2.49. The van der Waals surface area contributed by atoms with Crippen molar-refractivity contribution in [3.05, 3.63) is 23.2 Å². The Morgan fingerprint density at radius 1 is 1.36 bits per heavy atom. The van der Waals surface area contributed by atoms with Crippen LogP contribution in [0.2, 0.25) is 5.02 Å². The number of halogens is 1. The van der Waals surface area contributed by atoms with E-state index in [0.29, 0.717) is 31.2 Å². The second kappa shape index (κ2) is 8.00. The van der Waals surface area contributed by atoms with Crippen LogP contribution < -0.4 is 10.1 Å². The highest BCUT2D eigenvalue weighted by Gasteiger charge is 2.17. The molecule has 22 heavy (non-hydrogen) atoms. The fourth-order valence-electron chi connectivity index (χ4n) is 2.26. The van der Waals surface area contributed by atoms with Crippen LogP contribution in [0, 0.1) is 5.92 Å². The first-order valence-electron chi connectivity index (χ1n) is 7.06. The molecule has 1 heterocycles. The van der Waals surface area contributed by atoms with Crippen molar-refractivity contribution in [2.24, 2.45) is 5.92 Å². The van der Waals surface area contributed by atoms with Crippen molar-refractivity contribution in [1.29, 1.82) is 0 Å². The zero-order valence-corrected chi connectivity index (χ0v) is 12.8. The number of carbonyl (C=O) groups excluding carboxylic acids is 1. The average Bonchev–Trinajstić information content (AvgIpc) is 2.47. The van der Waals surface area contributed by atoms with Crippen molar-refractivity contribution in [2.75, 3.05) is 25.1 Å². The minimum Gasteiger partial charge on any atom is -0.480 e. The van der Waals surface area contributed by atoms with E-state index in [4.69, 9.17) is 26.2 Å². The molecule has 0 atom stereocenters. The molecule has 1 amide bonds. The number of hydrogen-bond donors (Lipinski definition) is 2. The van der Waals surface area contributed by atoms with Crippen LogP contribution in [0.3, 0.4) is 0 Å². The molecular weight excluding hydrogens is 310 g/mol. The van der Waals surface area contributed by atoms with Gasteiger partial charge in [-0.25, -0.2) is 4.79 Å². The minimum absolute atomic E-state index is 0.0674. The number of anilines is 1. The largest absolute Gasteiger partial charge is 0.480 e. The molecule has 0 spiro atoms. The first-order chi connectivity index (χ1) is 10.5. The van der Waals surface area contributed by atoms with Gasteiger partial charge >= 0.3 is 5.97 Å². The second-order valence-corrected chi connectivity index (χ2v) is 5.54. The molecule has 6 nitrogen and oxygen atoms in total. The van der Waals surface area contributed by atoms with Gasteiger partial charge in [0.2, 0.25) is 5.91 Å². The number of nitrogens with one attached hydrogen (secondary N) is 1. The number of amides is 1. The van der Waals surface area contributed by atoms with Gasteiger partial charge in [0.25, 0.3) is 0 Å². The highest BCUT2D eigenvalue weighted by molar-refractivity contribution is 6.32. The molecule has 1 fully saturated rings. The summed E-state index contributed by atoms with van der Waals surface area (Å²) in [5, 5.41) is 11.6. The van der Waals surface area contributed by atoms with Crippen LogP contribution in [0.5, 0.6) is 5.75 Å². The molecule has 2 rings (SSSR count). The third kappa shape index (κ3) is 5.20. The van der Waals surface area contributed by atoms with E-state index < -0.39 is 12.6 Å². The maximum absolute atomic E-state index is 12.0. The summed E-state index contributed by atoms with van der Waals surface area (Å²) < 4.78 is 10.3. The van der Waals surface area contributed by atoms with Gasteiger partial charge < -0.3 is 19.9 Å². The molecule has 120 valence electrons. The Labute approximate surface area is 133 Å². The van der Waals surface area contributed by atoms with E-state index >= 15 is 0 Å². The Kier molecular flexibility index (Phi) is 6.03. The smallest absolute Gasteiger partial charge is 0.341 e. The number of aliphatic carboxylic acids is 1. The number of ether oxygens (including phenoxy) is 2. The van der Waals surface area contributed by atoms with Gasteiger partial charge in [-0.05, 0) is 37.0 Å². The van der Waals surface area contributed by atoms with Crippen molar-refractivity contribution in [3.63, 3.8) is 0 Å². The molecule has 0 aromatic heterocycles. The first-order valence-corrected chi connectivity index (χ1v) is 7.44. The normalized spacial score (nSPS) is 15.3. The maximum atomic E-state index is 12.0. The van der Waals surface area contributed by atoms with E-state index in [0.717, 1.165) is 12.8 Å². The summed E-state index contributed by atoms with van der Waals surface area (Å²) in [6.45, 7) is 0.952. The topological polar surface area (TPSA) is 84.9 Å². The van der Waals surface area contributed by atoms with Gasteiger partial charge in [0.1, 0.15) is 5.75 Å². The number of carboxylic acid groups (broad SMARTS) is 1. The lowest BCUT2D eigenvalue weighted by Crippen LogP contribution is -2.22. The number of rotatable bonds is 6. The molecule has 1 aliphatic heterocycles. The van der Waals surface area contributed by atoms with Crippen LogP contribution in [0.4, 0.5) is 5.69 Å². The first kappa shape index (κ1) is 16.6. The van der Waals surface area contributed by atoms with Gasteiger partial charge in [0.15, 0.2) is 6.61 Å². The van der Waals surface area contributed by atoms with Gasteiger partial charge in [0.05, 0.1) is 5.02 Å². The van der Waals surface area contributed by atoms with Crippen LogP contribution in [0.15, 0.2) is 18.2 Å². The summed E-state index contributed by atoms with van der Waals surface area (Å²) in [4.78, 5) is 22.4. The summed E-state index contributed by atoms with van der Waals surface area (Å²) in [6.07, 6.45) is 2.25. The lowest BCUT2D eigenvalue weighted by atomic mass is 9.96. The lowest BCUT2D eigenvalue weighted by Gasteiger charge is -2.21. The zero-order valence-electron chi connectivity index (χ0n) is 12.0. The maximum Gasteiger partial charge on any atom is 0.341 e. The summed E-state index contributed by atoms with van der Waals surface area (Å²) in [5.41, 5.74) is 0.560. The average molecular weight is 328 g/mol. The van der Waals surface area contributed by atoms with Crippen molar-refractivity contribution in [1.82, 2.24) is 0 Å². The number of hydrogen-bond acceptors (Lipinski definition) is 4. The molecule has 1 saturated heterocycles. The van der Waals surface area contributed by atoms with E-state index in [1.165, 1.54) is 6.07 Å². The third-order valence-electron chi connectivity index (χ3n) is 3.38. The quantitative estimate of drug-likeness (QED) is 0.838. The van der Waals surface area contributed by atoms with Crippen molar-refractivity contribution in [3.8, 4) is 5.75 Å². The summed E-state index contributed by atoms with van der Waals surface area (Å²) >= 11 is 6.00. The molecule has 0 saturated carbocycles. The Balaban J connectivity index is 1.88. The molecule has 1 aliphatic rings.